The Morgan fingerprint density at radius 1 is 1.42 bits per heavy atom. The summed E-state index contributed by atoms with van der Waals surface area (Å²) in [6.07, 6.45) is -0.505. The highest BCUT2D eigenvalue weighted by Gasteiger charge is 2.42. The predicted octanol–water partition coefficient (Wildman–Crippen LogP) is 1.26. The molecule has 1 aromatic carbocycles. The summed E-state index contributed by atoms with van der Waals surface area (Å²) in [5.41, 5.74) is 0.749. The molecule has 2 aromatic rings. The average molecular weight is 359 g/mol. The van der Waals surface area contributed by atoms with E-state index >= 15 is 0 Å². The number of amides is 1. The first kappa shape index (κ1) is 18.2. The van der Waals surface area contributed by atoms with Crippen molar-refractivity contribution in [2.24, 2.45) is 0 Å². The van der Waals surface area contributed by atoms with Gasteiger partial charge in [-0.15, -0.1) is 17.5 Å². The number of rotatable bonds is 4. The molecular formula is C14H17ClF2N6O. The third-order valence-corrected chi connectivity index (χ3v) is 3.67. The number of para-hydroxylation sites is 1. The molecule has 2 N–H and O–H groups in total. The van der Waals surface area contributed by atoms with Crippen molar-refractivity contribution in [3.63, 3.8) is 0 Å². The van der Waals surface area contributed by atoms with Gasteiger partial charge in [-0.3, -0.25) is 10.1 Å². The van der Waals surface area contributed by atoms with Crippen LogP contribution < -0.4 is 10.6 Å². The standard InChI is InChI=1S/C14H16F2N6O.ClH/c1-9(18-13(23)11-7-14(15,16)8-17-11)12-19-20-21-22(12)10-5-3-2-4-6-10;/h2-6,9,11,17H,7-8H2,1H3,(H,18,23);1H. The highest BCUT2D eigenvalue weighted by atomic mass is 35.5. The number of carbonyl (C=O) groups is 1. The molecule has 0 saturated carbocycles. The molecule has 1 aliphatic heterocycles. The number of nitrogens with one attached hydrogen (secondary N) is 2. The van der Waals surface area contributed by atoms with E-state index in [-0.39, 0.29) is 12.4 Å². The average Bonchev–Trinajstić information content (AvgIpc) is 3.14. The number of hydrogen-bond acceptors (Lipinski definition) is 5. The molecule has 2 unspecified atom stereocenters. The predicted molar refractivity (Wildman–Crippen MR) is 84.3 cm³/mol. The van der Waals surface area contributed by atoms with Gasteiger partial charge in [0.1, 0.15) is 0 Å². The van der Waals surface area contributed by atoms with Gasteiger partial charge in [0.05, 0.1) is 24.3 Å². The first-order valence-corrected chi connectivity index (χ1v) is 7.21. The van der Waals surface area contributed by atoms with Crippen LogP contribution in [-0.4, -0.2) is 44.6 Å². The Bertz CT molecular complexity index is 696. The number of alkyl halides is 2. The summed E-state index contributed by atoms with van der Waals surface area (Å²) in [6.45, 7) is 1.22. The van der Waals surface area contributed by atoms with E-state index in [1.807, 2.05) is 30.3 Å². The van der Waals surface area contributed by atoms with Crippen LogP contribution >= 0.6 is 12.4 Å². The molecular weight excluding hydrogens is 342 g/mol. The molecule has 130 valence electrons. The van der Waals surface area contributed by atoms with Crippen molar-refractivity contribution in [2.45, 2.75) is 31.4 Å². The number of tetrazole rings is 1. The summed E-state index contributed by atoms with van der Waals surface area (Å²) >= 11 is 0. The minimum absolute atomic E-state index is 0. The molecule has 10 heteroatoms. The van der Waals surface area contributed by atoms with Crippen LogP contribution in [0, 0.1) is 0 Å². The topological polar surface area (TPSA) is 84.7 Å². The smallest absolute Gasteiger partial charge is 0.262 e. The van der Waals surface area contributed by atoms with Crippen molar-refractivity contribution in [1.82, 2.24) is 30.8 Å². The van der Waals surface area contributed by atoms with Gasteiger partial charge in [-0.05, 0) is 29.5 Å². The zero-order valence-electron chi connectivity index (χ0n) is 12.8. The summed E-state index contributed by atoms with van der Waals surface area (Å²) in [6, 6.07) is 7.77. The van der Waals surface area contributed by atoms with E-state index < -0.39 is 36.9 Å². The van der Waals surface area contributed by atoms with Crippen LogP contribution in [0.5, 0.6) is 0 Å². The van der Waals surface area contributed by atoms with E-state index in [0.717, 1.165) is 5.69 Å². The second-order valence-corrected chi connectivity index (χ2v) is 5.51. The zero-order valence-corrected chi connectivity index (χ0v) is 13.6. The summed E-state index contributed by atoms with van der Waals surface area (Å²) < 4.78 is 27.8. The van der Waals surface area contributed by atoms with E-state index in [1.54, 1.807) is 6.92 Å². The first-order valence-electron chi connectivity index (χ1n) is 7.21. The third-order valence-electron chi connectivity index (χ3n) is 3.67. The Morgan fingerprint density at radius 3 is 2.75 bits per heavy atom. The van der Waals surface area contributed by atoms with Crippen LogP contribution in [0.25, 0.3) is 5.69 Å². The zero-order chi connectivity index (χ0) is 16.4. The Kier molecular flexibility index (Phi) is 5.45. The Hall–Kier alpha value is -2.13. The van der Waals surface area contributed by atoms with Gasteiger partial charge in [-0.2, -0.15) is 4.68 Å². The molecule has 24 heavy (non-hydrogen) atoms. The second-order valence-electron chi connectivity index (χ2n) is 5.51. The maximum atomic E-state index is 13.2. The summed E-state index contributed by atoms with van der Waals surface area (Å²) in [7, 11) is 0. The van der Waals surface area contributed by atoms with Gasteiger partial charge < -0.3 is 5.32 Å². The molecule has 2 heterocycles. The van der Waals surface area contributed by atoms with Crippen LogP contribution in [0.4, 0.5) is 8.78 Å². The van der Waals surface area contributed by atoms with Gasteiger partial charge in [-0.1, -0.05) is 18.2 Å². The van der Waals surface area contributed by atoms with Gasteiger partial charge in [0.2, 0.25) is 5.91 Å². The van der Waals surface area contributed by atoms with E-state index in [1.165, 1.54) is 4.68 Å². The fourth-order valence-electron chi connectivity index (χ4n) is 2.50. The lowest BCUT2D eigenvalue weighted by molar-refractivity contribution is -0.124. The fraction of sp³-hybridized carbons (Fsp3) is 0.429. The summed E-state index contributed by atoms with van der Waals surface area (Å²) in [5, 5.41) is 16.6. The number of aromatic nitrogens is 4. The lowest BCUT2D eigenvalue weighted by atomic mass is 10.1. The Labute approximate surface area is 143 Å². The number of nitrogens with zero attached hydrogens (tertiary/aromatic N) is 4. The van der Waals surface area contributed by atoms with Crippen LogP contribution in [0.2, 0.25) is 0 Å². The van der Waals surface area contributed by atoms with E-state index in [9.17, 15) is 13.6 Å². The molecule has 2 atom stereocenters. The first-order chi connectivity index (χ1) is 11.0. The monoisotopic (exact) mass is 358 g/mol. The van der Waals surface area contributed by atoms with Crippen LogP contribution in [0.3, 0.4) is 0 Å². The van der Waals surface area contributed by atoms with Gasteiger partial charge in [-0.25, -0.2) is 8.78 Å². The molecule has 1 amide bonds. The molecule has 1 fully saturated rings. The molecule has 0 radical (unpaired) electrons. The molecule has 3 rings (SSSR count). The van der Waals surface area contributed by atoms with Crippen molar-refractivity contribution in [2.75, 3.05) is 6.54 Å². The van der Waals surface area contributed by atoms with E-state index in [2.05, 4.69) is 26.2 Å². The normalized spacial score (nSPS) is 20.2. The quantitative estimate of drug-likeness (QED) is 0.859. The van der Waals surface area contributed by atoms with Gasteiger partial charge in [0.15, 0.2) is 5.82 Å². The van der Waals surface area contributed by atoms with E-state index in [0.29, 0.717) is 5.82 Å². The second kappa shape index (κ2) is 7.18. The summed E-state index contributed by atoms with van der Waals surface area (Å²) in [4.78, 5) is 12.1. The third kappa shape index (κ3) is 3.85. The van der Waals surface area contributed by atoms with Crippen molar-refractivity contribution in [3.05, 3.63) is 36.2 Å². The molecule has 0 spiro atoms. The lowest BCUT2D eigenvalue weighted by Crippen LogP contribution is -2.42. The number of benzene rings is 1. The lowest BCUT2D eigenvalue weighted by Gasteiger charge is -2.16. The Morgan fingerprint density at radius 2 is 2.12 bits per heavy atom. The minimum Gasteiger partial charge on any atom is -0.345 e. The van der Waals surface area contributed by atoms with Gasteiger partial charge in [0, 0.05) is 6.42 Å². The molecule has 0 aliphatic carbocycles. The van der Waals surface area contributed by atoms with Crippen LogP contribution in [0.1, 0.15) is 25.2 Å². The highest BCUT2D eigenvalue weighted by Crippen LogP contribution is 2.25. The minimum atomic E-state index is -2.85. The SMILES string of the molecule is CC(NC(=O)C1CC(F)(F)CN1)c1nnnn1-c1ccccc1.Cl. The molecule has 7 nitrogen and oxygen atoms in total. The van der Waals surface area contributed by atoms with Gasteiger partial charge in [0.25, 0.3) is 5.92 Å². The number of halogens is 3. The van der Waals surface area contributed by atoms with Gasteiger partial charge >= 0.3 is 0 Å². The highest BCUT2D eigenvalue weighted by molar-refractivity contribution is 5.85. The fourth-order valence-corrected chi connectivity index (χ4v) is 2.50. The largest absolute Gasteiger partial charge is 0.345 e. The van der Waals surface area contributed by atoms with Crippen LogP contribution in [0.15, 0.2) is 30.3 Å². The van der Waals surface area contributed by atoms with Crippen molar-refractivity contribution in [3.8, 4) is 5.69 Å². The maximum Gasteiger partial charge on any atom is 0.262 e. The molecule has 0 bridgehead atoms. The molecule has 1 aliphatic rings. The maximum absolute atomic E-state index is 13.2. The number of carbonyl (C=O) groups excluding carboxylic acids is 1. The molecule has 1 aromatic heterocycles. The van der Waals surface area contributed by atoms with Crippen molar-refractivity contribution in [1.29, 1.82) is 0 Å². The Balaban J connectivity index is 0.00000208. The summed E-state index contributed by atoms with van der Waals surface area (Å²) in [5.74, 6) is -2.91. The van der Waals surface area contributed by atoms with Crippen molar-refractivity contribution >= 4 is 18.3 Å². The van der Waals surface area contributed by atoms with E-state index in [4.69, 9.17) is 0 Å². The van der Waals surface area contributed by atoms with Crippen LogP contribution in [-0.2, 0) is 4.79 Å². The van der Waals surface area contributed by atoms with Crippen molar-refractivity contribution < 1.29 is 13.6 Å². The molecule has 1 saturated heterocycles. The number of hydrogen-bond donors (Lipinski definition) is 2.